The van der Waals surface area contributed by atoms with Crippen LogP contribution in [0.15, 0.2) is 0 Å². The highest BCUT2D eigenvalue weighted by molar-refractivity contribution is 5.69. The highest BCUT2D eigenvalue weighted by Gasteiger charge is 2.15. The van der Waals surface area contributed by atoms with Crippen molar-refractivity contribution < 1.29 is 19.7 Å². The molecule has 0 aromatic carbocycles. The minimum atomic E-state index is -0.801. The van der Waals surface area contributed by atoms with E-state index in [0.717, 1.165) is 12.8 Å². The van der Waals surface area contributed by atoms with Crippen LogP contribution in [0, 0.1) is 0 Å². The molecule has 0 fully saturated rings. The molecule has 2 atom stereocenters. The third kappa shape index (κ3) is 16.0. The van der Waals surface area contributed by atoms with Crippen molar-refractivity contribution in [2.75, 3.05) is 7.11 Å². The Morgan fingerprint density at radius 1 is 0.826 bits per heavy atom. The van der Waals surface area contributed by atoms with Crippen molar-refractivity contribution in [3.05, 3.63) is 0 Å². The molecule has 0 aliphatic rings. The Bertz CT molecular complexity index is 268. The van der Waals surface area contributed by atoms with Crippen molar-refractivity contribution >= 4 is 5.97 Å². The van der Waals surface area contributed by atoms with Gasteiger partial charge in [-0.2, -0.15) is 0 Å². The zero-order valence-electron chi connectivity index (χ0n) is 15.3. The molecular formula is C19H38O4. The molecule has 0 bridgehead atoms. The van der Waals surface area contributed by atoms with Gasteiger partial charge in [-0.25, -0.2) is 0 Å². The molecule has 2 N–H and O–H groups in total. The van der Waals surface area contributed by atoms with Gasteiger partial charge in [-0.05, 0) is 12.8 Å². The number of rotatable bonds is 16. The molecule has 0 rings (SSSR count). The van der Waals surface area contributed by atoms with E-state index in [4.69, 9.17) is 0 Å². The normalized spacial score (nSPS) is 13.7. The van der Waals surface area contributed by atoms with Gasteiger partial charge < -0.3 is 14.9 Å². The van der Waals surface area contributed by atoms with Crippen molar-refractivity contribution in [2.45, 2.75) is 109 Å². The number of aliphatic hydroxyl groups is 2. The molecule has 0 aromatic rings. The van der Waals surface area contributed by atoms with Gasteiger partial charge in [0.2, 0.25) is 0 Å². The largest absolute Gasteiger partial charge is 0.469 e. The quantitative estimate of drug-likeness (QED) is 0.326. The van der Waals surface area contributed by atoms with E-state index in [0.29, 0.717) is 6.42 Å². The first-order chi connectivity index (χ1) is 11.1. The monoisotopic (exact) mass is 330 g/mol. The molecule has 0 aliphatic carbocycles. The molecule has 4 nitrogen and oxygen atoms in total. The highest BCUT2D eigenvalue weighted by atomic mass is 16.5. The highest BCUT2D eigenvalue weighted by Crippen LogP contribution is 2.14. The van der Waals surface area contributed by atoms with Gasteiger partial charge in [0, 0.05) is 0 Å². The molecule has 0 amide bonds. The number of esters is 1. The summed E-state index contributed by atoms with van der Waals surface area (Å²) in [6.45, 7) is 2.25. The minimum absolute atomic E-state index is 0.0359. The summed E-state index contributed by atoms with van der Waals surface area (Å²) in [5, 5.41) is 19.5. The lowest BCUT2D eigenvalue weighted by atomic mass is 10.0. The van der Waals surface area contributed by atoms with Crippen molar-refractivity contribution in [1.82, 2.24) is 0 Å². The van der Waals surface area contributed by atoms with Crippen LogP contribution in [-0.2, 0) is 9.53 Å². The maximum Gasteiger partial charge on any atom is 0.308 e. The van der Waals surface area contributed by atoms with Crippen LogP contribution in [0.4, 0.5) is 0 Å². The number of hydrogen-bond acceptors (Lipinski definition) is 4. The fourth-order valence-corrected chi connectivity index (χ4v) is 2.84. The van der Waals surface area contributed by atoms with Crippen molar-refractivity contribution in [3.63, 3.8) is 0 Å². The summed E-state index contributed by atoms with van der Waals surface area (Å²) in [5.41, 5.74) is 0. The first-order valence-electron chi connectivity index (χ1n) is 9.53. The molecule has 138 valence electrons. The van der Waals surface area contributed by atoms with E-state index in [9.17, 15) is 15.0 Å². The molecule has 0 saturated carbocycles. The number of methoxy groups -OCH3 is 1. The smallest absolute Gasteiger partial charge is 0.308 e. The van der Waals surface area contributed by atoms with Gasteiger partial charge in [0.15, 0.2) is 0 Å². The second kappa shape index (κ2) is 16.3. The zero-order chi connectivity index (χ0) is 17.3. The van der Waals surface area contributed by atoms with E-state index in [-0.39, 0.29) is 12.8 Å². The van der Waals surface area contributed by atoms with Gasteiger partial charge in [-0.15, -0.1) is 0 Å². The van der Waals surface area contributed by atoms with Crippen molar-refractivity contribution in [3.8, 4) is 0 Å². The van der Waals surface area contributed by atoms with Crippen LogP contribution in [0.5, 0.6) is 0 Å². The van der Waals surface area contributed by atoms with Gasteiger partial charge in [-0.3, -0.25) is 4.79 Å². The Morgan fingerprint density at radius 3 is 1.78 bits per heavy atom. The number of aliphatic hydroxyl groups excluding tert-OH is 2. The molecule has 0 heterocycles. The number of ether oxygens (including phenoxy) is 1. The summed E-state index contributed by atoms with van der Waals surface area (Å²) in [7, 11) is 1.30. The van der Waals surface area contributed by atoms with E-state index in [1.54, 1.807) is 0 Å². The predicted octanol–water partition coefficient (Wildman–Crippen LogP) is 4.36. The number of carbonyl (C=O) groups excluding carboxylic acids is 1. The Labute approximate surface area is 142 Å². The van der Waals surface area contributed by atoms with E-state index in [1.807, 2.05) is 0 Å². The molecule has 0 unspecified atom stereocenters. The fourth-order valence-electron chi connectivity index (χ4n) is 2.84. The molecule has 0 radical (unpaired) electrons. The third-order valence-electron chi connectivity index (χ3n) is 4.32. The maximum atomic E-state index is 11.0. The summed E-state index contributed by atoms with van der Waals surface area (Å²) in [6, 6.07) is 0. The van der Waals surface area contributed by atoms with Crippen LogP contribution in [0.1, 0.15) is 96.8 Å². The van der Waals surface area contributed by atoms with Gasteiger partial charge in [0.25, 0.3) is 0 Å². The summed E-state index contributed by atoms with van der Waals surface area (Å²) in [4.78, 5) is 11.0. The second-order valence-electron chi connectivity index (χ2n) is 6.65. The standard InChI is InChI=1S/C19H38O4/c1-3-4-5-6-7-8-9-10-11-12-13-14-17(20)15-18(21)16-19(22)23-2/h17-18,20-21H,3-16H2,1-2H3/t17-,18+/m1/s1. The maximum absolute atomic E-state index is 11.0. The lowest BCUT2D eigenvalue weighted by Gasteiger charge is -2.14. The number of unbranched alkanes of at least 4 members (excludes halogenated alkanes) is 10. The number of carbonyl (C=O) groups is 1. The van der Waals surface area contributed by atoms with Gasteiger partial charge in [0.05, 0.1) is 25.7 Å². The first kappa shape index (κ1) is 22.4. The second-order valence-corrected chi connectivity index (χ2v) is 6.65. The van der Waals surface area contributed by atoms with E-state index >= 15 is 0 Å². The van der Waals surface area contributed by atoms with Crippen LogP contribution in [0.3, 0.4) is 0 Å². The van der Waals surface area contributed by atoms with E-state index in [2.05, 4.69) is 11.7 Å². The summed E-state index contributed by atoms with van der Waals surface area (Å²) >= 11 is 0. The van der Waals surface area contributed by atoms with E-state index < -0.39 is 18.2 Å². The molecule has 0 aromatic heterocycles. The van der Waals surface area contributed by atoms with Crippen LogP contribution < -0.4 is 0 Å². The van der Waals surface area contributed by atoms with Crippen molar-refractivity contribution in [1.29, 1.82) is 0 Å². The lowest BCUT2D eigenvalue weighted by Crippen LogP contribution is -2.21. The Hall–Kier alpha value is -0.610. The summed E-state index contributed by atoms with van der Waals surface area (Å²) in [5.74, 6) is -0.431. The van der Waals surface area contributed by atoms with Gasteiger partial charge in [-0.1, -0.05) is 77.6 Å². The average Bonchev–Trinajstić information content (AvgIpc) is 2.52. The zero-order valence-corrected chi connectivity index (χ0v) is 15.3. The molecule has 0 aliphatic heterocycles. The molecule has 4 heteroatoms. The van der Waals surface area contributed by atoms with Crippen LogP contribution in [0.2, 0.25) is 0 Å². The first-order valence-corrected chi connectivity index (χ1v) is 9.53. The lowest BCUT2D eigenvalue weighted by molar-refractivity contribution is -0.143. The molecule has 0 spiro atoms. The molecular weight excluding hydrogens is 292 g/mol. The summed E-state index contributed by atoms with van der Waals surface area (Å²) < 4.78 is 4.49. The SMILES string of the molecule is CCCCCCCCCCCCC[C@@H](O)C[C@H](O)CC(=O)OC. The van der Waals surface area contributed by atoms with E-state index in [1.165, 1.54) is 64.9 Å². The topological polar surface area (TPSA) is 66.8 Å². The van der Waals surface area contributed by atoms with Crippen LogP contribution in [0.25, 0.3) is 0 Å². The van der Waals surface area contributed by atoms with Crippen LogP contribution >= 0.6 is 0 Å². The Morgan fingerprint density at radius 2 is 1.30 bits per heavy atom. The average molecular weight is 331 g/mol. The van der Waals surface area contributed by atoms with Gasteiger partial charge >= 0.3 is 5.97 Å². The van der Waals surface area contributed by atoms with Gasteiger partial charge in [0.1, 0.15) is 0 Å². The number of hydrogen-bond donors (Lipinski definition) is 2. The predicted molar refractivity (Wildman–Crippen MR) is 94.3 cm³/mol. The minimum Gasteiger partial charge on any atom is -0.469 e. The Balaban J connectivity index is 3.32. The Kier molecular flexibility index (Phi) is 15.8. The van der Waals surface area contributed by atoms with Crippen molar-refractivity contribution in [2.24, 2.45) is 0 Å². The fraction of sp³-hybridized carbons (Fsp3) is 0.947. The molecule has 23 heavy (non-hydrogen) atoms. The van der Waals surface area contributed by atoms with Crippen LogP contribution in [-0.4, -0.2) is 35.5 Å². The summed E-state index contributed by atoms with van der Waals surface area (Å²) in [6.07, 6.45) is 13.7. The molecule has 0 saturated heterocycles. The third-order valence-corrected chi connectivity index (χ3v) is 4.32.